The van der Waals surface area contributed by atoms with E-state index in [9.17, 15) is 9.59 Å². The second-order valence-corrected chi connectivity index (χ2v) is 5.48. The van der Waals surface area contributed by atoms with Crippen molar-refractivity contribution in [1.29, 1.82) is 0 Å². The summed E-state index contributed by atoms with van der Waals surface area (Å²) in [7, 11) is 1.61. The predicted octanol–water partition coefficient (Wildman–Crippen LogP) is 3.04. The van der Waals surface area contributed by atoms with Gasteiger partial charge in [-0.2, -0.15) is 0 Å². The number of hydrogen-bond acceptors (Lipinski definition) is 5. The van der Waals surface area contributed by atoms with Gasteiger partial charge in [0.05, 0.1) is 19.6 Å². The molecule has 1 saturated carbocycles. The van der Waals surface area contributed by atoms with Gasteiger partial charge in [-0.3, -0.25) is 9.59 Å². The van der Waals surface area contributed by atoms with Crippen molar-refractivity contribution < 1.29 is 23.8 Å². The molecule has 0 spiro atoms. The summed E-state index contributed by atoms with van der Waals surface area (Å²) >= 11 is 0. The molecule has 1 aromatic rings. The fraction of sp³-hybridized carbons (Fsp3) is 0.529. The number of carbonyl (C=O) groups is 2. The third-order valence-corrected chi connectivity index (χ3v) is 3.70. The van der Waals surface area contributed by atoms with Gasteiger partial charge >= 0.3 is 11.9 Å². The highest BCUT2D eigenvalue weighted by molar-refractivity contribution is 5.84. The zero-order valence-electron chi connectivity index (χ0n) is 13.1. The second-order valence-electron chi connectivity index (χ2n) is 5.48. The van der Waals surface area contributed by atoms with Gasteiger partial charge in [-0.15, -0.1) is 0 Å². The van der Waals surface area contributed by atoms with E-state index in [1.165, 1.54) is 19.8 Å². The highest BCUT2D eigenvalue weighted by Crippen LogP contribution is 2.32. The highest BCUT2D eigenvalue weighted by Gasteiger charge is 2.18. The summed E-state index contributed by atoms with van der Waals surface area (Å²) in [4.78, 5) is 22.1. The first-order valence-corrected chi connectivity index (χ1v) is 7.63. The lowest BCUT2D eigenvalue weighted by molar-refractivity contribution is -0.157. The summed E-state index contributed by atoms with van der Waals surface area (Å²) in [5, 5.41) is 0. The topological polar surface area (TPSA) is 61.8 Å². The molecule has 0 unspecified atom stereocenters. The van der Waals surface area contributed by atoms with Crippen molar-refractivity contribution in [3.05, 3.63) is 23.8 Å². The maximum absolute atomic E-state index is 11.4. The van der Waals surface area contributed by atoms with Gasteiger partial charge in [0.1, 0.15) is 0 Å². The Morgan fingerprint density at radius 1 is 1.18 bits per heavy atom. The minimum atomic E-state index is -0.579. The Hall–Kier alpha value is -2.04. The maximum Gasteiger partial charge on any atom is 0.313 e. The van der Waals surface area contributed by atoms with Crippen LogP contribution in [0.2, 0.25) is 0 Å². The molecule has 0 aliphatic heterocycles. The minimum absolute atomic E-state index is 0.161. The lowest BCUT2D eigenvalue weighted by atomic mass is 10.1. The van der Waals surface area contributed by atoms with Crippen molar-refractivity contribution in [1.82, 2.24) is 0 Å². The van der Waals surface area contributed by atoms with Gasteiger partial charge in [-0.05, 0) is 49.8 Å². The van der Waals surface area contributed by atoms with Crippen LogP contribution in [-0.4, -0.2) is 25.2 Å². The number of methoxy groups -OCH3 is 1. The molecule has 5 heteroatoms. The van der Waals surface area contributed by atoms with E-state index in [2.05, 4.69) is 4.74 Å². The van der Waals surface area contributed by atoms with Gasteiger partial charge < -0.3 is 14.2 Å². The molecule has 1 fully saturated rings. The molecule has 1 aliphatic rings. The van der Waals surface area contributed by atoms with E-state index in [0.717, 1.165) is 18.4 Å². The molecule has 0 bridgehead atoms. The Balaban J connectivity index is 1.99. The summed E-state index contributed by atoms with van der Waals surface area (Å²) in [5.74, 6) is 0.320. The molecule has 0 saturated heterocycles. The molecule has 1 aromatic carbocycles. The number of benzene rings is 1. The van der Waals surface area contributed by atoms with Crippen molar-refractivity contribution >= 4 is 11.9 Å². The van der Waals surface area contributed by atoms with Crippen LogP contribution in [0.4, 0.5) is 0 Å². The van der Waals surface area contributed by atoms with Crippen LogP contribution in [0.5, 0.6) is 11.5 Å². The van der Waals surface area contributed by atoms with Crippen molar-refractivity contribution in [3.8, 4) is 11.5 Å². The summed E-state index contributed by atoms with van der Waals surface area (Å²) in [6.45, 7) is 1.22. The maximum atomic E-state index is 11.4. The fourth-order valence-electron chi connectivity index (χ4n) is 2.61. The fourth-order valence-corrected chi connectivity index (χ4v) is 2.61. The van der Waals surface area contributed by atoms with Gasteiger partial charge in [0, 0.05) is 6.92 Å². The first-order valence-electron chi connectivity index (χ1n) is 7.63. The Labute approximate surface area is 130 Å². The lowest BCUT2D eigenvalue weighted by Gasteiger charge is -2.16. The molecular weight excluding hydrogens is 284 g/mol. The van der Waals surface area contributed by atoms with Crippen molar-refractivity contribution in [2.45, 2.75) is 51.6 Å². The van der Waals surface area contributed by atoms with Gasteiger partial charge in [0.25, 0.3) is 0 Å². The summed E-state index contributed by atoms with van der Waals surface area (Å²) in [6, 6.07) is 5.63. The molecule has 0 N–H and O–H groups in total. The largest absolute Gasteiger partial charge is 0.493 e. The quantitative estimate of drug-likeness (QED) is 0.597. The molecule has 0 radical (unpaired) electrons. The summed E-state index contributed by atoms with van der Waals surface area (Å²) in [6.07, 6.45) is 5.43. The second kappa shape index (κ2) is 7.82. The van der Waals surface area contributed by atoms with Gasteiger partial charge in [-0.25, -0.2) is 0 Å². The van der Waals surface area contributed by atoms with E-state index in [0.29, 0.717) is 17.9 Å². The Kier molecular flexibility index (Phi) is 5.81. The molecular formula is C17H22O5. The number of hydrogen-bond donors (Lipinski definition) is 0. The van der Waals surface area contributed by atoms with Crippen LogP contribution in [0.25, 0.3) is 0 Å². The zero-order valence-corrected chi connectivity index (χ0v) is 13.1. The Morgan fingerprint density at radius 2 is 1.91 bits per heavy atom. The SMILES string of the molecule is COc1ccc(CCC(=O)OC(C)=O)cc1OC1CCCC1. The summed E-state index contributed by atoms with van der Waals surface area (Å²) < 4.78 is 15.9. The smallest absolute Gasteiger partial charge is 0.313 e. The molecule has 22 heavy (non-hydrogen) atoms. The van der Waals surface area contributed by atoms with E-state index in [1.807, 2.05) is 18.2 Å². The van der Waals surface area contributed by atoms with Gasteiger partial charge in [-0.1, -0.05) is 6.07 Å². The lowest BCUT2D eigenvalue weighted by Crippen LogP contribution is -2.12. The van der Waals surface area contributed by atoms with Crippen LogP contribution in [0.1, 0.15) is 44.6 Å². The Morgan fingerprint density at radius 3 is 2.55 bits per heavy atom. The number of ether oxygens (including phenoxy) is 3. The normalized spacial score (nSPS) is 14.6. The Bertz CT molecular complexity index is 532. The number of rotatable bonds is 6. The molecule has 120 valence electrons. The molecule has 0 amide bonds. The van der Waals surface area contributed by atoms with Crippen LogP contribution >= 0.6 is 0 Å². The van der Waals surface area contributed by atoms with E-state index < -0.39 is 11.9 Å². The van der Waals surface area contributed by atoms with Crippen molar-refractivity contribution in [2.24, 2.45) is 0 Å². The molecule has 0 heterocycles. The molecule has 2 rings (SSSR count). The predicted molar refractivity (Wildman–Crippen MR) is 81.0 cm³/mol. The average Bonchev–Trinajstić information content (AvgIpc) is 2.97. The zero-order chi connectivity index (χ0) is 15.9. The van der Waals surface area contributed by atoms with E-state index >= 15 is 0 Å². The van der Waals surface area contributed by atoms with Crippen LogP contribution in [-0.2, 0) is 20.7 Å². The monoisotopic (exact) mass is 306 g/mol. The van der Waals surface area contributed by atoms with Crippen LogP contribution in [0, 0.1) is 0 Å². The molecule has 0 atom stereocenters. The molecule has 5 nitrogen and oxygen atoms in total. The van der Waals surface area contributed by atoms with Crippen LogP contribution < -0.4 is 9.47 Å². The number of esters is 2. The first kappa shape index (κ1) is 16.3. The average molecular weight is 306 g/mol. The van der Waals surface area contributed by atoms with Crippen LogP contribution in [0.3, 0.4) is 0 Å². The molecule has 0 aromatic heterocycles. The van der Waals surface area contributed by atoms with Gasteiger partial charge in [0.2, 0.25) is 0 Å². The number of aryl methyl sites for hydroxylation is 1. The van der Waals surface area contributed by atoms with Crippen molar-refractivity contribution in [2.75, 3.05) is 7.11 Å². The van der Waals surface area contributed by atoms with E-state index in [-0.39, 0.29) is 12.5 Å². The third-order valence-electron chi connectivity index (χ3n) is 3.70. The van der Waals surface area contributed by atoms with E-state index in [4.69, 9.17) is 9.47 Å². The standard InChI is InChI=1S/C17H22O5/c1-12(18)21-17(19)10-8-13-7-9-15(20-2)16(11-13)22-14-5-3-4-6-14/h7,9,11,14H,3-6,8,10H2,1-2H3. The first-order chi connectivity index (χ1) is 10.6. The highest BCUT2D eigenvalue weighted by atomic mass is 16.6. The van der Waals surface area contributed by atoms with E-state index in [1.54, 1.807) is 7.11 Å². The summed E-state index contributed by atoms with van der Waals surface area (Å²) in [5.41, 5.74) is 0.953. The van der Waals surface area contributed by atoms with Crippen molar-refractivity contribution in [3.63, 3.8) is 0 Å². The number of carbonyl (C=O) groups excluding carboxylic acids is 2. The van der Waals surface area contributed by atoms with Crippen LogP contribution in [0.15, 0.2) is 18.2 Å². The van der Waals surface area contributed by atoms with Gasteiger partial charge in [0.15, 0.2) is 11.5 Å². The molecule has 1 aliphatic carbocycles. The third kappa shape index (κ3) is 4.76. The minimum Gasteiger partial charge on any atom is -0.493 e.